The second-order valence-corrected chi connectivity index (χ2v) is 5.90. The van der Waals surface area contributed by atoms with E-state index in [2.05, 4.69) is 15.3 Å². The van der Waals surface area contributed by atoms with Crippen LogP contribution in [-0.4, -0.2) is 23.7 Å². The molecule has 0 saturated heterocycles. The van der Waals surface area contributed by atoms with Crippen molar-refractivity contribution >= 4 is 31.9 Å². The predicted molar refractivity (Wildman–Crippen MR) is 91.6 cm³/mol. The van der Waals surface area contributed by atoms with Gasteiger partial charge in [0, 0.05) is 6.20 Å². The van der Waals surface area contributed by atoms with Crippen LogP contribution in [0.5, 0.6) is 5.75 Å². The van der Waals surface area contributed by atoms with E-state index in [0.717, 1.165) is 5.56 Å². The maximum atomic E-state index is 12.7. The summed E-state index contributed by atoms with van der Waals surface area (Å²) in [6.07, 6.45) is -2.63. The summed E-state index contributed by atoms with van der Waals surface area (Å²) >= 11 is 5.59. The van der Waals surface area contributed by atoms with E-state index < -0.39 is 25.6 Å². The van der Waals surface area contributed by atoms with Gasteiger partial charge in [0.15, 0.2) is 0 Å². The first-order valence-electron chi connectivity index (χ1n) is 7.37. The largest absolute Gasteiger partial charge is 0.495 e. The Morgan fingerprint density at radius 3 is 2.73 bits per heavy atom. The molecule has 0 fully saturated rings. The maximum absolute atomic E-state index is 12.7. The van der Waals surface area contributed by atoms with Gasteiger partial charge in [0.2, 0.25) is 5.95 Å². The number of nitrogens with zero attached hydrogens (tertiary/aromatic N) is 2. The molecule has 2 rings (SSSR count). The number of anilines is 2. The summed E-state index contributed by atoms with van der Waals surface area (Å²) < 4.78 is 58.4. The van der Waals surface area contributed by atoms with Crippen molar-refractivity contribution in [2.24, 2.45) is 0 Å². The van der Waals surface area contributed by atoms with Gasteiger partial charge in [-0.05, 0) is 35.1 Å². The van der Waals surface area contributed by atoms with Crippen molar-refractivity contribution in [1.82, 2.24) is 9.97 Å². The zero-order chi connectivity index (χ0) is 19.2. The molecule has 1 N–H and O–H groups in total. The fourth-order valence-corrected chi connectivity index (χ4v) is 2.58. The molecule has 0 spiro atoms. The Hall–Kier alpha value is -1.96. The van der Waals surface area contributed by atoms with Gasteiger partial charge < -0.3 is 10.1 Å². The van der Waals surface area contributed by atoms with E-state index in [1.807, 2.05) is 6.07 Å². The number of aryl methyl sites for hydroxylation is 1. The molecule has 140 valence electrons. The average molecular weight is 409 g/mol. The Bertz CT molecular complexity index is 778. The van der Waals surface area contributed by atoms with E-state index in [4.69, 9.17) is 20.9 Å². The Morgan fingerprint density at radius 2 is 2.12 bits per heavy atom. The number of nitrogens with one attached hydrogen (secondary N) is 1. The molecule has 0 aliphatic rings. The van der Waals surface area contributed by atoms with Crippen LogP contribution in [0.3, 0.4) is 0 Å². The molecule has 0 saturated carbocycles. The van der Waals surface area contributed by atoms with E-state index in [1.54, 1.807) is 12.1 Å². The van der Waals surface area contributed by atoms with Crippen molar-refractivity contribution < 1.29 is 27.0 Å². The average Bonchev–Trinajstić information content (AvgIpc) is 2.58. The molecule has 0 radical (unpaired) electrons. The number of rotatable bonds is 8. The number of hydrogen-bond acceptors (Lipinski definition) is 6. The lowest BCUT2D eigenvalue weighted by Gasteiger charge is -2.13. The van der Waals surface area contributed by atoms with Crippen LogP contribution in [0.15, 0.2) is 24.4 Å². The fourth-order valence-electron chi connectivity index (χ4n) is 2.12. The highest BCUT2D eigenvalue weighted by molar-refractivity contribution is 7.17. The quantitative estimate of drug-likeness (QED) is 0.384. The Kier molecular flexibility index (Phi) is 7.14. The summed E-state index contributed by atoms with van der Waals surface area (Å²) in [6, 6.07) is 5.28. The van der Waals surface area contributed by atoms with Crippen LogP contribution >= 0.6 is 20.3 Å². The standard InChI is InChI=1S/C15H15ClF3N3O3P/c1-24-12-7-9(3-2-6-25-26-23)4-5-11(12)21-14-20-8-10(13(16)22-14)15(17,18)19/h4-5,7-8,26H,2-3,6H2,1H3,(H,20,21,22)/q+1. The minimum atomic E-state index is -4.62. The number of benzene rings is 1. The predicted octanol–water partition coefficient (Wildman–Crippen LogP) is 4.79. The minimum Gasteiger partial charge on any atom is -0.495 e. The highest BCUT2D eigenvalue weighted by atomic mass is 35.5. The number of halogens is 4. The van der Waals surface area contributed by atoms with E-state index in [1.165, 1.54) is 7.11 Å². The van der Waals surface area contributed by atoms with Crippen LogP contribution in [0.1, 0.15) is 17.5 Å². The van der Waals surface area contributed by atoms with Crippen molar-refractivity contribution in [3.63, 3.8) is 0 Å². The SMILES string of the molecule is COc1cc(CCCO[PH+]=O)ccc1Nc1ncc(C(F)(F)F)c(Cl)n1. The summed E-state index contributed by atoms with van der Waals surface area (Å²) in [6.45, 7) is 0.377. The second kappa shape index (κ2) is 9.12. The van der Waals surface area contributed by atoms with Crippen molar-refractivity contribution in [3.8, 4) is 5.75 Å². The number of alkyl halides is 3. The lowest BCUT2D eigenvalue weighted by molar-refractivity contribution is -0.137. The molecule has 1 heterocycles. The van der Waals surface area contributed by atoms with Crippen molar-refractivity contribution in [2.75, 3.05) is 19.0 Å². The van der Waals surface area contributed by atoms with Gasteiger partial charge in [-0.15, -0.1) is 4.52 Å². The first-order valence-corrected chi connectivity index (χ1v) is 8.57. The summed E-state index contributed by atoms with van der Waals surface area (Å²) in [5.41, 5.74) is 0.328. The molecular weight excluding hydrogens is 394 g/mol. The van der Waals surface area contributed by atoms with Crippen LogP contribution in [0.25, 0.3) is 0 Å². The molecule has 1 atom stereocenters. The lowest BCUT2D eigenvalue weighted by Crippen LogP contribution is -2.09. The molecule has 1 aromatic heterocycles. The zero-order valence-electron chi connectivity index (χ0n) is 13.6. The minimum absolute atomic E-state index is 0.0844. The van der Waals surface area contributed by atoms with Crippen LogP contribution in [0.4, 0.5) is 24.8 Å². The molecule has 2 aromatic rings. The van der Waals surface area contributed by atoms with Crippen molar-refractivity contribution in [2.45, 2.75) is 19.0 Å². The molecule has 6 nitrogen and oxygen atoms in total. The Morgan fingerprint density at radius 1 is 1.35 bits per heavy atom. The molecular formula is C15H15ClF3N3O3P+. The van der Waals surface area contributed by atoms with Gasteiger partial charge in [0.05, 0.1) is 12.8 Å². The molecule has 0 bridgehead atoms. The molecule has 0 amide bonds. The highest BCUT2D eigenvalue weighted by Gasteiger charge is 2.34. The Labute approximate surface area is 154 Å². The van der Waals surface area contributed by atoms with Gasteiger partial charge in [-0.3, -0.25) is 0 Å². The lowest BCUT2D eigenvalue weighted by atomic mass is 10.1. The third-order valence-electron chi connectivity index (χ3n) is 3.33. The summed E-state index contributed by atoms with van der Waals surface area (Å²) in [7, 11) is 0.684. The highest BCUT2D eigenvalue weighted by Crippen LogP contribution is 2.34. The third kappa shape index (κ3) is 5.52. The van der Waals surface area contributed by atoms with Gasteiger partial charge in [0.25, 0.3) is 0 Å². The van der Waals surface area contributed by atoms with Gasteiger partial charge >= 0.3 is 14.9 Å². The molecule has 1 unspecified atom stereocenters. The fraction of sp³-hybridized carbons (Fsp3) is 0.333. The molecule has 1 aromatic carbocycles. The van der Waals surface area contributed by atoms with Crippen LogP contribution in [0.2, 0.25) is 5.15 Å². The smallest absolute Gasteiger partial charge is 0.494 e. The first-order chi connectivity index (χ1) is 12.3. The van der Waals surface area contributed by atoms with Gasteiger partial charge in [-0.2, -0.15) is 13.2 Å². The number of aromatic nitrogens is 2. The van der Waals surface area contributed by atoms with Crippen molar-refractivity contribution in [1.29, 1.82) is 0 Å². The van der Waals surface area contributed by atoms with Crippen LogP contribution < -0.4 is 10.1 Å². The zero-order valence-corrected chi connectivity index (χ0v) is 15.3. The normalized spacial score (nSPS) is 11.6. The van der Waals surface area contributed by atoms with Gasteiger partial charge in [-0.1, -0.05) is 17.7 Å². The van der Waals surface area contributed by atoms with Crippen LogP contribution in [0, 0.1) is 0 Å². The monoisotopic (exact) mass is 408 g/mol. The molecule has 26 heavy (non-hydrogen) atoms. The summed E-state index contributed by atoms with van der Waals surface area (Å²) in [4.78, 5) is 7.27. The molecule has 0 aliphatic heterocycles. The van der Waals surface area contributed by atoms with Crippen molar-refractivity contribution in [3.05, 3.63) is 40.7 Å². The van der Waals surface area contributed by atoms with E-state index >= 15 is 0 Å². The van der Waals surface area contributed by atoms with Gasteiger partial charge in [0.1, 0.15) is 23.1 Å². The van der Waals surface area contributed by atoms with Crippen LogP contribution in [-0.2, 0) is 21.7 Å². The topological polar surface area (TPSA) is 73.3 Å². The maximum Gasteiger partial charge on any atom is 0.494 e. The Balaban J connectivity index is 2.13. The second-order valence-electron chi connectivity index (χ2n) is 5.09. The number of methoxy groups -OCH3 is 1. The third-order valence-corrected chi connectivity index (χ3v) is 3.94. The summed E-state index contributed by atoms with van der Waals surface area (Å²) in [5, 5.41) is 2.09. The van der Waals surface area contributed by atoms with E-state index in [0.29, 0.717) is 37.1 Å². The number of ether oxygens (including phenoxy) is 1. The van der Waals surface area contributed by atoms with E-state index in [9.17, 15) is 17.7 Å². The first kappa shape index (κ1) is 20.4. The number of hydrogen-bond donors (Lipinski definition) is 1. The van der Waals surface area contributed by atoms with Gasteiger partial charge in [-0.25, -0.2) is 9.97 Å². The van der Waals surface area contributed by atoms with E-state index in [-0.39, 0.29) is 5.95 Å². The molecule has 11 heteroatoms. The molecule has 0 aliphatic carbocycles. The summed E-state index contributed by atoms with van der Waals surface area (Å²) in [5.74, 6) is 0.382.